The summed E-state index contributed by atoms with van der Waals surface area (Å²) in [6.07, 6.45) is 2.77. The van der Waals surface area contributed by atoms with E-state index in [1.165, 1.54) is 12.1 Å². The summed E-state index contributed by atoms with van der Waals surface area (Å²) in [7, 11) is 0. The Morgan fingerprint density at radius 3 is 2.76 bits per heavy atom. The van der Waals surface area contributed by atoms with Gasteiger partial charge >= 0.3 is 0 Å². The van der Waals surface area contributed by atoms with Crippen LogP contribution in [0.4, 0.5) is 4.39 Å². The molecular weight excluding hydrogens is 287 g/mol. The van der Waals surface area contributed by atoms with Gasteiger partial charge in [-0.25, -0.2) is 4.39 Å². The molecule has 1 aliphatic heterocycles. The number of alkyl halides is 1. The van der Waals surface area contributed by atoms with Crippen LogP contribution in [0, 0.1) is 5.82 Å². The lowest BCUT2D eigenvalue weighted by atomic mass is 10.1. The minimum absolute atomic E-state index is 0.0459. The van der Waals surface area contributed by atoms with Crippen molar-refractivity contribution in [3.05, 3.63) is 35.6 Å². The monoisotopic (exact) mass is 302 g/mol. The molecule has 0 amide bonds. The number of hydrogen-bond acceptors (Lipinski definition) is 2. The summed E-state index contributed by atoms with van der Waals surface area (Å²) in [5.41, 5.74) is 1.03. The predicted molar refractivity (Wildman–Crippen MR) is 67.6 cm³/mol. The van der Waals surface area contributed by atoms with Crippen LogP contribution in [-0.4, -0.2) is 18.2 Å². The fraction of sp³-hybridized carbons (Fsp3) is 0.538. The first-order chi connectivity index (χ1) is 8.29. The maximum atomic E-state index is 12.8. The number of benzene rings is 1. The number of halogens is 2. The summed E-state index contributed by atoms with van der Waals surface area (Å²) in [5.74, 6) is -0.211. The summed E-state index contributed by atoms with van der Waals surface area (Å²) in [6.45, 7) is 0.714. The third-order valence-electron chi connectivity index (χ3n) is 2.80. The molecular formula is C13H16BrFO2. The summed E-state index contributed by atoms with van der Waals surface area (Å²) in [6, 6.07) is 6.50. The van der Waals surface area contributed by atoms with Gasteiger partial charge < -0.3 is 9.47 Å². The highest BCUT2D eigenvalue weighted by Crippen LogP contribution is 2.33. The van der Waals surface area contributed by atoms with E-state index in [-0.39, 0.29) is 18.2 Å². The Morgan fingerprint density at radius 1 is 1.29 bits per heavy atom. The van der Waals surface area contributed by atoms with Crippen molar-refractivity contribution in [1.29, 1.82) is 0 Å². The minimum Gasteiger partial charge on any atom is -0.353 e. The van der Waals surface area contributed by atoms with Gasteiger partial charge in [0.15, 0.2) is 6.29 Å². The molecule has 4 heteroatoms. The van der Waals surface area contributed by atoms with Crippen molar-refractivity contribution in [3.8, 4) is 0 Å². The van der Waals surface area contributed by atoms with Crippen LogP contribution in [-0.2, 0) is 9.47 Å². The van der Waals surface area contributed by atoms with E-state index in [0.717, 1.165) is 30.2 Å². The van der Waals surface area contributed by atoms with Gasteiger partial charge in [-0.3, -0.25) is 0 Å². The van der Waals surface area contributed by atoms with Gasteiger partial charge in [-0.05, 0) is 30.5 Å². The second-order valence-electron chi connectivity index (χ2n) is 4.10. The molecule has 2 unspecified atom stereocenters. The second kappa shape index (κ2) is 6.47. The molecule has 1 heterocycles. The van der Waals surface area contributed by atoms with Crippen molar-refractivity contribution in [2.24, 2.45) is 0 Å². The summed E-state index contributed by atoms with van der Waals surface area (Å²) in [4.78, 5) is 0. The largest absolute Gasteiger partial charge is 0.353 e. The van der Waals surface area contributed by atoms with E-state index < -0.39 is 0 Å². The first-order valence-electron chi connectivity index (χ1n) is 5.88. The first-order valence-corrected chi connectivity index (χ1v) is 7.00. The van der Waals surface area contributed by atoms with E-state index >= 15 is 0 Å². The van der Waals surface area contributed by atoms with E-state index in [2.05, 4.69) is 15.9 Å². The Labute approximate surface area is 109 Å². The molecule has 17 heavy (non-hydrogen) atoms. The van der Waals surface area contributed by atoms with E-state index in [1.807, 2.05) is 0 Å². The molecule has 0 aromatic heterocycles. The molecule has 0 N–H and O–H groups in total. The van der Waals surface area contributed by atoms with Crippen molar-refractivity contribution in [2.75, 3.05) is 11.9 Å². The normalized spacial score (nSPS) is 24.1. The second-order valence-corrected chi connectivity index (χ2v) is 4.89. The first kappa shape index (κ1) is 13.0. The van der Waals surface area contributed by atoms with E-state index in [9.17, 15) is 4.39 Å². The maximum absolute atomic E-state index is 12.8. The van der Waals surface area contributed by atoms with Crippen molar-refractivity contribution in [1.82, 2.24) is 0 Å². The molecule has 1 aromatic carbocycles. The molecule has 1 aliphatic rings. The Bertz CT molecular complexity index is 342. The molecule has 0 aliphatic carbocycles. The van der Waals surface area contributed by atoms with Gasteiger partial charge in [0.2, 0.25) is 0 Å². The van der Waals surface area contributed by atoms with Gasteiger partial charge in [-0.15, -0.1) is 0 Å². The lowest BCUT2D eigenvalue weighted by Gasteiger charge is -2.14. The minimum atomic E-state index is -0.211. The SMILES string of the molecule is Fc1ccc(C2CCC(OCCCBr)O2)cc1. The van der Waals surface area contributed by atoms with Crippen molar-refractivity contribution < 1.29 is 13.9 Å². The summed E-state index contributed by atoms with van der Waals surface area (Å²) >= 11 is 3.36. The maximum Gasteiger partial charge on any atom is 0.158 e. The smallest absolute Gasteiger partial charge is 0.158 e. The fourth-order valence-electron chi connectivity index (χ4n) is 1.92. The number of hydrogen-bond donors (Lipinski definition) is 0. The molecule has 1 aromatic rings. The van der Waals surface area contributed by atoms with Crippen LogP contribution in [0.3, 0.4) is 0 Å². The van der Waals surface area contributed by atoms with E-state index in [4.69, 9.17) is 9.47 Å². The Balaban J connectivity index is 1.83. The molecule has 0 radical (unpaired) electrons. The average Bonchev–Trinajstić information content (AvgIpc) is 2.79. The predicted octanol–water partition coefficient (Wildman–Crippen LogP) is 3.80. The third-order valence-corrected chi connectivity index (χ3v) is 3.36. The van der Waals surface area contributed by atoms with Crippen molar-refractivity contribution >= 4 is 15.9 Å². The van der Waals surface area contributed by atoms with Gasteiger partial charge in [-0.2, -0.15) is 0 Å². The highest BCUT2D eigenvalue weighted by Gasteiger charge is 2.26. The van der Waals surface area contributed by atoms with Crippen LogP contribution in [0.2, 0.25) is 0 Å². The van der Waals surface area contributed by atoms with Gasteiger partial charge in [0.25, 0.3) is 0 Å². The van der Waals surface area contributed by atoms with Crippen molar-refractivity contribution in [2.45, 2.75) is 31.7 Å². The highest BCUT2D eigenvalue weighted by atomic mass is 79.9. The van der Waals surface area contributed by atoms with Crippen LogP contribution >= 0.6 is 15.9 Å². The van der Waals surface area contributed by atoms with E-state index in [0.29, 0.717) is 6.61 Å². The Hall–Kier alpha value is -0.450. The molecule has 1 fully saturated rings. The van der Waals surface area contributed by atoms with Crippen LogP contribution in [0.5, 0.6) is 0 Å². The highest BCUT2D eigenvalue weighted by molar-refractivity contribution is 9.09. The van der Waals surface area contributed by atoms with Gasteiger partial charge in [0, 0.05) is 11.8 Å². The summed E-state index contributed by atoms with van der Waals surface area (Å²) in [5, 5.41) is 0.946. The zero-order valence-corrected chi connectivity index (χ0v) is 11.2. The Morgan fingerprint density at radius 2 is 2.06 bits per heavy atom. The molecule has 94 valence electrons. The molecule has 1 saturated heterocycles. The topological polar surface area (TPSA) is 18.5 Å². The average molecular weight is 303 g/mol. The Kier molecular flexibility index (Phi) is 4.95. The third kappa shape index (κ3) is 3.76. The van der Waals surface area contributed by atoms with Gasteiger partial charge in [0.05, 0.1) is 12.7 Å². The zero-order chi connectivity index (χ0) is 12.1. The van der Waals surface area contributed by atoms with Gasteiger partial charge in [0.1, 0.15) is 5.82 Å². The lowest BCUT2D eigenvalue weighted by molar-refractivity contribution is -0.134. The quantitative estimate of drug-likeness (QED) is 0.608. The van der Waals surface area contributed by atoms with Crippen LogP contribution < -0.4 is 0 Å². The molecule has 2 rings (SSSR count). The molecule has 2 nitrogen and oxygen atoms in total. The van der Waals surface area contributed by atoms with Gasteiger partial charge in [-0.1, -0.05) is 28.1 Å². The molecule has 0 spiro atoms. The molecule has 0 saturated carbocycles. The van der Waals surface area contributed by atoms with Crippen LogP contribution in [0.1, 0.15) is 30.9 Å². The van der Waals surface area contributed by atoms with Crippen molar-refractivity contribution in [3.63, 3.8) is 0 Å². The number of ether oxygens (including phenoxy) is 2. The van der Waals surface area contributed by atoms with Crippen LogP contribution in [0.15, 0.2) is 24.3 Å². The van der Waals surface area contributed by atoms with E-state index in [1.54, 1.807) is 12.1 Å². The zero-order valence-electron chi connectivity index (χ0n) is 9.57. The standard InChI is InChI=1S/C13H16BrFO2/c14-8-1-9-16-13-7-6-12(17-13)10-2-4-11(15)5-3-10/h2-5,12-13H,1,6-9H2. The summed E-state index contributed by atoms with van der Waals surface area (Å²) < 4.78 is 24.2. The molecule has 2 atom stereocenters. The van der Waals surface area contributed by atoms with Crippen LogP contribution in [0.25, 0.3) is 0 Å². The number of rotatable bonds is 5. The fourth-order valence-corrected chi connectivity index (χ4v) is 2.15. The lowest BCUT2D eigenvalue weighted by Crippen LogP contribution is -2.12. The molecule has 0 bridgehead atoms.